The number of anilines is 1. The smallest absolute Gasteiger partial charge is 0.226 e. The summed E-state index contributed by atoms with van der Waals surface area (Å²) in [6.07, 6.45) is 0. The summed E-state index contributed by atoms with van der Waals surface area (Å²) in [7, 11) is 0. The van der Waals surface area contributed by atoms with Crippen molar-refractivity contribution >= 4 is 29.3 Å². The van der Waals surface area contributed by atoms with Gasteiger partial charge in [0.15, 0.2) is 5.96 Å². The summed E-state index contributed by atoms with van der Waals surface area (Å²) in [4.78, 5) is 18.9. The summed E-state index contributed by atoms with van der Waals surface area (Å²) >= 11 is 2.02. The number of carbonyl (C=O) groups is 1. The lowest BCUT2D eigenvalue weighted by Crippen LogP contribution is -2.50. The number of nitrogens with zero attached hydrogens (tertiary/aromatic N) is 2. The predicted octanol–water partition coefficient (Wildman–Crippen LogP) is 3.57. The van der Waals surface area contributed by atoms with Crippen LogP contribution in [0.1, 0.15) is 40.2 Å². The first-order valence-electron chi connectivity index (χ1n) is 9.38. The minimum Gasteiger partial charge on any atom is -0.357 e. The maximum Gasteiger partial charge on any atom is 0.226 e. The van der Waals surface area contributed by atoms with Crippen molar-refractivity contribution in [1.29, 1.82) is 0 Å². The summed E-state index contributed by atoms with van der Waals surface area (Å²) in [5.41, 5.74) is 1.96. The number of nitrogens with one attached hydrogen (secondary N) is 2. The number of rotatable bonds is 5. The van der Waals surface area contributed by atoms with Crippen molar-refractivity contribution < 1.29 is 4.79 Å². The van der Waals surface area contributed by atoms with Gasteiger partial charge in [-0.3, -0.25) is 4.79 Å². The van der Waals surface area contributed by atoms with Crippen LogP contribution < -0.4 is 10.6 Å². The minimum absolute atomic E-state index is 0.0195. The Morgan fingerprint density at radius 1 is 1.31 bits per heavy atom. The molecule has 2 N–H and O–H groups in total. The van der Waals surface area contributed by atoms with Crippen molar-refractivity contribution in [2.75, 3.05) is 30.7 Å². The zero-order valence-electron chi connectivity index (χ0n) is 16.6. The largest absolute Gasteiger partial charge is 0.357 e. The molecule has 0 aliphatic carbocycles. The highest BCUT2D eigenvalue weighted by Crippen LogP contribution is 2.29. The third kappa shape index (κ3) is 6.24. The van der Waals surface area contributed by atoms with Crippen LogP contribution in [0.3, 0.4) is 0 Å². The second-order valence-electron chi connectivity index (χ2n) is 7.54. The van der Waals surface area contributed by atoms with Crippen LogP contribution in [0.5, 0.6) is 0 Å². The molecule has 0 saturated carbocycles. The van der Waals surface area contributed by atoms with Crippen molar-refractivity contribution in [3.63, 3.8) is 0 Å². The Morgan fingerprint density at radius 3 is 2.58 bits per heavy atom. The molecule has 26 heavy (non-hydrogen) atoms. The number of aliphatic imine (C=N–C) groups is 1. The van der Waals surface area contributed by atoms with E-state index >= 15 is 0 Å². The summed E-state index contributed by atoms with van der Waals surface area (Å²) in [5, 5.41) is 6.34. The molecule has 0 spiro atoms. The fourth-order valence-corrected chi connectivity index (χ4v) is 3.88. The average molecular weight is 377 g/mol. The molecule has 1 aromatic carbocycles. The summed E-state index contributed by atoms with van der Waals surface area (Å²) in [6.45, 7) is 14.0. The van der Waals surface area contributed by atoms with Gasteiger partial charge in [0.05, 0.1) is 6.54 Å². The fraction of sp³-hybridized carbons (Fsp3) is 0.600. The van der Waals surface area contributed by atoms with E-state index in [1.165, 1.54) is 0 Å². The Bertz CT molecular complexity index is 625. The van der Waals surface area contributed by atoms with E-state index in [2.05, 4.69) is 36.3 Å². The molecule has 1 saturated heterocycles. The monoisotopic (exact) mass is 376 g/mol. The normalized spacial score (nSPS) is 17.3. The second kappa shape index (κ2) is 9.31. The number of guanidine groups is 1. The lowest BCUT2D eigenvalue weighted by Gasteiger charge is -2.39. The number of hydrogen-bond acceptors (Lipinski definition) is 3. The van der Waals surface area contributed by atoms with E-state index in [0.717, 1.165) is 42.6 Å². The third-order valence-corrected chi connectivity index (χ3v) is 5.51. The van der Waals surface area contributed by atoms with Gasteiger partial charge in [0.2, 0.25) is 5.91 Å². The van der Waals surface area contributed by atoms with Crippen LogP contribution >= 0.6 is 11.8 Å². The van der Waals surface area contributed by atoms with Crippen LogP contribution in [0, 0.1) is 5.92 Å². The molecule has 0 aromatic heterocycles. The van der Waals surface area contributed by atoms with Crippen LogP contribution in [0.4, 0.5) is 5.69 Å². The highest BCUT2D eigenvalue weighted by atomic mass is 32.2. The summed E-state index contributed by atoms with van der Waals surface area (Å²) in [6, 6.07) is 7.94. The Kier molecular flexibility index (Phi) is 7.38. The highest BCUT2D eigenvalue weighted by molar-refractivity contribution is 8.00. The van der Waals surface area contributed by atoms with E-state index in [1.807, 2.05) is 49.9 Å². The number of benzene rings is 1. The molecule has 5 nitrogen and oxygen atoms in total. The first kappa shape index (κ1) is 20.6. The average Bonchev–Trinajstić information content (AvgIpc) is 2.58. The molecule has 0 bridgehead atoms. The van der Waals surface area contributed by atoms with Crippen molar-refractivity contribution in [1.82, 2.24) is 10.2 Å². The molecule has 1 fully saturated rings. The quantitative estimate of drug-likeness (QED) is 0.609. The van der Waals surface area contributed by atoms with Gasteiger partial charge in [0.1, 0.15) is 0 Å². The van der Waals surface area contributed by atoms with Crippen LogP contribution in [0.15, 0.2) is 29.3 Å². The third-order valence-electron chi connectivity index (χ3n) is 4.22. The molecule has 0 unspecified atom stereocenters. The van der Waals surface area contributed by atoms with Crippen LogP contribution in [0.25, 0.3) is 0 Å². The van der Waals surface area contributed by atoms with Gasteiger partial charge in [-0.1, -0.05) is 26.0 Å². The molecule has 1 aromatic rings. The maximum absolute atomic E-state index is 11.8. The molecular weight excluding hydrogens is 344 g/mol. The minimum atomic E-state index is -0.0195. The van der Waals surface area contributed by atoms with E-state index < -0.39 is 0 Å². The van der Waals surface area contributed by atoms with E-state index in [9.17, 15) is 4.79 Å². The van der Waals surface area contributed by atoms with E-state index in [4.69, 9.17) is 4.99 Å². The Labute approximate surface area is 162 Å². The maximum atomic E-state index is 11.8. The molecule has 1 aliphatic rings. The first-order chi connectivity index (χ1) is 12.3. The number of thioether (sulfide) groups is 1. The predicted molar refractivity (Wildman–Crippen MR) is 113 cm³/mol. The van der Waals surface area contributed by atoms with Gasteiger partial charge in [-0.2, -0.15) is 11.8 Å². The number of amides is 1. The van der Waals surface area contributed by atoms with Crippen molar-refractivity contribution in [3.8, 4) is 0 Å². The standard InChI is InChI=1S/C20H32N4OS/c1-6-21-19(24-11-12-26-20(4,5)14-24)22-13-16-7-9-17(10-8-16)23-18(25)15(2)3/h7-10,15H,6,11-14H2,1-5H3,(H,21,22)(H,23,25). The molecule has 1 heterocycles. The zero-order chi connectivity index (χ0) is 19.2. The SMILES string of the molecule is CCNC(=NCc1ccc(NC(=O)C(C)C)cc1)N1CCSC(C)(C)C1. The van der Waals surface area contributed by atoms with Gasteiger partial charge in [0, 0.05) is 41.7 Å². The van der Waals surface area contributed by atoms with Gasteiger partial charge < -0.3 is 15.5 Å². The van der Waals surface area contributed by atoms with Crippen molar-refractivity contribution in [2.24, 2.45) is 10.9 Å². The Balaban J connectivity index is 2.01. The molecule has 1 amide bonds. The second-order valence-corrected chi connectivity index (χ2v) is 9.34. The fourth-order valence-electron chi connectivity index (χ4n) is 2.77. The van der Waals surface area contributed by atoms with Crippen LogP contribution in [-0.2, 0) is 11.3 Å². The topological polar surface area (TPSA) is 56.7 Å². The Morgan fingerprint density at radius 2 is 2.00 bits per heavy atom. The van der Waals surface area contributed by atoms with Gasteiger partial charge in [0.25, 0.3) is 0 Å². The summed E-state index contributed by atoms with van der Waals surface area (Å²) < 4.78 is 0.255. The van der Waals surface area contributed by atoms with Crippen LogP contribution in [-0.4, -0.2) is 46.9 Å². The lowest BCUT2D eigenvalue weighted by molar-refractivity contribution is -0.118. The van der Waals surface area contributed by atoms with E-state index in [0.29, 0.717) is 6.54 Å². The highest BCUT2D eigenvalue weighted by Gasteiger charge is 2.28. The lowest BCUT2D eigenvalue weighted by atomic mass is 10.1. The van der Waals surface area contributed by atoms with Crippen molar-refractivity contribution in [2.45, 2.75) is 45.9 Å². The molecular formula is C20H32N4OS. The van der Waals surface area contributed by atoms with Gasteiger partial charge in [-0.05, 0) is 38.5 Å². The first-order valence-corrected chi connectivity index (χ1v) is 10.4. The molecule has 0 atom stereocenters. The molecule has 144 valence electrons. The number of carbonyl (C=O) groups excluding carboxylic acids is 1. The van der Waals surface area contributed by atoms with E-state index in [1.54, 1.807) is 0 Å². The zero-order valence-corrected chi connectivity index (χ0v) is 17.4. The van der Waals surface area contributed by atoms with Gasteiger partial charge in [-0.25, -0.2) is 4.99 Å². The number of hydrogen-bond donors (Lipinski definition) is 2. The molecule has 2 rings (SSSR count). The van der Waals surface area contributed by atoms with Gasteiger partial charge >= 0.3 is 0 Å². The summed E-state index contributed by atoms with van der Waals surface area (Å²) in [5.74, 6) is 2.13. The van der Waals surface area contributed by atoms with E-state index in [-0.39, 0.29) is 16.6 Å². The molecule has 0 radical (unpaired) electrons. The Hall–Kier alpha value is -1.69. The molecule has 6 heteroatoms. The van der Waals surface area contributed by atoms with Crippen molar-refractivity contribution in [3.05, 3.63) is 29.8 Å². The van der Waals surface area contributed by atoms with Crippen LogP contribution in [0.2, 0.25) is 0 Å². The van der Waals surface area contributed by atoms with Gasteiger partial charge in [-0.15, -0.1) is 0 Å². The molecule has 1 aliphatic heterocycles.